The second-order valence-electron chi connectivity index (χ2n) is 8.58. The number of pyridine rings is 1. The van der Waals surface area contributed by atoms with Crippen LogP contribution in [0, 0.1) is 0 Å². The molecule has 39 heavy (non-hydrogen) atoms. The minimum absolute atomic E-state index is 0.445. The summed E-state index contributed by atoms with van der Waals surface area (Å²) in [5.41, 5.74) is -5.03. The molecule has 2 aromatic rings. The summed E-state index contributed by atoms with van der Waals surface area (Å²) in [5, 5.41) is 9.20. The minimum Gasteiger partial charge on any atom is -0.447 e. The van der Waals surface area contributed by atoms with Crippen LogP contribution in [-0.4, -0.2) is 40.2 Å². The van der Waals surface area contributed by atoms with E-state index in [1.165, 1.54) is 13.8 Å². The number of halogens is 7. The van der Waals surface area contributed by atoms with E-state index >= 15 is 0 Å². The number of amides is 1. The largest absolute Gasteiger partial charge is 0.447 e. The Morgan fingerprint density at radius 2 is 1.95 bits per heavy atom. The molecule has 0 fully saturated rings. The van der Waals surface area contributed by atoms with Crippen LogP contribution >= 0.6 is 15.9 Å². The van der Waals surface area contributed by atoms with Gasteiger partial charge in [-0.25, -0.2) is 9.78 Å². The summed E-state index contributed by atoms with van der Waals surface area (Å²) in [6, 6.07) is 0.511. The van der Waals surface area contributed by atoms with E-state index in [0.29, 0.717) is 18.1 Å². The van der Waals surface area contributed by atoms with Gasteiger partial charge in [-0.2, -0.15) is 26.3 Å². The molecule has 1 aliphatic carbocycles. The summed E-state index contributed by atoms with van der Waals surface area (Å²) >= 11 is 2.70. The van der Waals surface area contributed by atoms with Gasteiger partial charge >= 0.3 is 18.4 Å². The molecule has 0 radical (unpaired) electrons. The number of nitrogens with zero attached hydrogens (tertiary/aromatic N) is 3. The summed E-state index contributed by atoms with van der Waals surface area (Å²) in [5.74, 6) is -1.74. The summed E-state index contributed by atoms with van der Waals surface area (Å²) < 4.78 is 98.8. The Morgan fingerprint density at radius 1 is 1.23 bits per heavy atom. The molecule has 15 heteroatoms. The van der Waals surface area contributed by atoms with Crippen LogP contribution in [0.4, 0.5) is 36.8 Å². The van der Waals surface area contributed by atoms with Crippen molar-refractivity contribution in [1.82, 2.24) is 15.2 Å². The van der Waals surface area contributed by atoms with Gasteiger partial charge in [0.15, 0.2) is 5.69 Å². The number of anilines is 1. The summed E-state index contributed by atoms with van der Waals surface area (Å²) in [6.45, 7) is 5.93. The first-order valence-corrected chi connectivity index (χ1v) is 12.2. The maximum absolute atomic E-state index is 14.5. The molecule has 1 N–H and O–H groups in total. The number of aromatic nitrogens is 3. The highest BCUT2D eigenvalue weighted by Crippen LogP contribution is 2.46. The smallest absolute Gasteiger partial charge is 0.426 e. The van der Waals surface area contributed by atoms with E-state index in [-0.39, 0.29) is 0 Å². The molecule has 3 rings (SSSR count). The SMILES string of the molecule is C=CCC(OCC1=CCCC=C1)(c1nnc(-c2nc(Br)c(C(F)(F)F)cc2NC(=O)OC(C)C)o1)C(F)(F)F. The maximum atomic E-state index is 14.5. The molecule has 1 amide bonds. The molecule has 2 heterocycles. The standard InChI is InChI=1S/C24H23BrF6N4O4/c1-4-10-22(24(29,30)31,37-12-14-8-6-5-7-9-14)20-35-34-19(39-20)17-16(32-21(36)38-13(2)3)11-15(18(25)33-17)23(26,27)28/h4,6,8-9,11,13H,1,5,7,10,12H2,2-3H3,(H,32,36). The molecule has 0 bridgehead atoms. The number of alkyl halides is 6. The Morgan fingerprint density at radius 3 is 2.51 bits per heavy atom. The predicted octanol–water partition coefficient (Wildman–Crippen LogP) is 7.50. The second kappa shape index (κ2) is 11.9. The van der Waals surface area contributed by atoms with Crippen LogP contribution < -0.4 is 5.32 Å². The van der Waals surface area contributed by atoms with Crippen molar-refractivity contribution in [3.05, 3.63) is 58.6 Å². The molecule has 1 unspecified atom stereocenters. The van der Waals surface area contributed by atoms with E-state index in [2.05, 4.69) is 43.0 Å². The Hall–Kier alpha value is -3.20. The summed E-state index contributed by atoms with van der Waals surface area (Å²) in [6.07, 6.45) is -5.07. The van der Waals surface area contributed by atoms with Gasteiger partial charge in [-0.1, -0.05) is 24.3 Å². The quantitative estimate of drug-likeness (QED) is 0.175. The molecule has 0 spiro atoms. The fourth-order valence-electron chi connectivity index (χ4n) is 3.49. The molecule has 0 saturated carbocycles. The van der Waals surface area contributed by atoms with Crippen LogP contribution in [0.1, 0.15) is 44.6 Å². The van der Waals surface area contributed by atoms with E-state index in [9.17, 15) is 31.1 Å². The lowest BCUT2D eigenvalue weighted by molar-refractivity contribution is -0.289. The number of hydrogen-bond donors (Lipinski definition) is 1. The van der Waals surface area contributed by atoms with Crippen LogP contribution in [0.3, 0.4) is 0 Å². The average molecular weight is 625 g/mol. The first-order valence-electron chi connectivity index (χ1n) is 11.4. The molecule has 1 aliphatic rings. The van der Waals surface area contributed by atoms with E-state index in [1.54, 1.807) is 18.2 Å². The third-order valence-electron chi connectivity index (χ3n) is 5.28. The molecule has 0 aromatic carbocycles. The van der Waals surface area contributed by atoms with Gasteiger partial charge in [0.25, 0.3) is 11.8 Å². The van der Waals surface area contributed by atoms with E-state index < -0.39 is 76.5 Å². The Labute approximate surface area is 227 Å². The van der Waals surface area contributed by atoms with Gasteiger partial charge in [0.05, 0.1) is 24.0 Å². The molecular weight excluding hydrogens is 602 g/mol. The van der Waals surface area contributed by atoms with Crippen molar-refractivity contribution in [2.75, 3.05) is 11.9 Å². The van der Waals surface area contributed by atoms with E-state index in [1.807, 2.05) is 0 Å². The highest BCUT2D eigenvalue weighted by Gasteiger charge is 2.61. The highest BCUT2D eigenvalue weighted by molar-refractivity contribution is 9.10. The fourth-order valence-corrected chi connectivity index (χ4v) is 4.01. The zero-order chi connectivity index (χ0) is 29.0. The average Bonchev–Trinajstić information content (AvgIpc) is 3.31. The lowest BCUT2D eigenvalue weighted by atomic mass is 9.98. The minimum atomic E-state index is -5.07. The van der Waals surface area contributed by atoms with Gasteiger partial charge in [-0.3, -0.25) is 5.32 Å². The van der Waals surface area contributed by atoms with E-state index in [4.69, 9.17) is 13.9 Å². The van der Waals surface area contributed by atoms with Gasteiger partial charge in [0, 0.05) is 6.42 Å². The number of allylic oxidation sites excluding steroid dienone is 2. The molecule has 8 nitrogen and oxygen atoms in total. The second-order valence-corrected chi connectivity index (χ2v) is 9.33. The van der Waals surface area contributed by atoms with Gasteiger partial charge in [-0.15, -0.1) is 16.8 Å². The normalized spacial score (nSPS) is 15.6. The summed E-state index contributed by atoms with van der Waals surface area (Å²) in [7, 11) is 0. The van der Waals surface area contributed by atoms with Crippen molar-refractivity contribution < 1.29 is 45.0 Å². The van der Waals surface area contributed by atoms with Crippen LogP contribution in [0.15, 0.2) is 51.5 Å². The Balaban J connectivity index is 2.10. The third kappa shape index (κ3) is 7.06. The molecular formula is C24H23BrF6N4O4. The molecule has 212 valence electrons. The zero-order valence-corrected chi connectivity index (χ0v) is 22.2. The third-order valence-corrected chi connectivity index (χ3v) is 5.89. The van der Waals surface area contributed by atoms with Gasteiger partial charge in [-0.05, 0) is 54.3 Å². The number of nitrogens with one attached hydrogen (secondary N) is 1. The van der Waals surface area contributed by atoms with Crippen LogP contribution in [0.5, 0.6) is 0 Å². The van der Waals surface area contributed by atoms with Crippen molar-refractivity contribution >= 4 is 27.7 Å². The lowest BCUT2D eigenvalue weighted by Gasteiger charge is -2.32. The zero-order valence-electron chi connectivity index (χ0n) is 20.6. The van der Waals surface area contributed by atoms with Crippen molar-refractivity contribution in [3.8, 4) is 11.6 Å². The van der Waals surface area contributed by atoms with Gasteiger partial charge in [0.1, 0.15) is 4.60 Å². The fraction of sp³-hybridized carbons (Fsp3) is 0.417. The van der Waals surface area contributed by atoms with Crippen molar-refractivity contribution in [1.29, 1.82) is 0 Å². The number of hydrogen-bond acceptors (Lipinski definition) is 7. The summed E-state index contributed by atoms with van der Waals surface area (Å²) in [4.78, 5) is 15.9. The molecule has 0 aliphatic heterocycles. The monoisotopic (exact) mass is 624 g/mol. The lowest BCUT2D eigenvalue weighted by Crippen LogP contribution is -2.45. The van der Waals surface area contributed by atoms with E-state index in [0.717, 1.165) is 12.5 Å². The van der Waals surface area contributed by atoms with Crippen LogP contribution in [0.25, 0.3) is 11.6 Å². The maximum Gasteiger partial charge on any atom is 0.426 e. The van der Waals surface area contributed by atoms with Gasteiger partial charge < -0.3 is 13.9 Å². The number of carbonyl (C=O) groups excluding carboxylic acids is 1. The number of ether oxygens (including phenoxy) is 2. The highest BCUT2D eigenvalue weighted by atomic mass is 79.9. The van der Waals surface area contributed by atoms with Crippen molar-refractivity contribution in [2.24, 2.45) is 0 Å². The van der Waals surface area contributed by atoms with Crippen molar-refractivity contribution in [2.45, 2.75) is 57.2 Å². The molecule has 0 saturated heterocycles. The number of rotatable bonds is 9. The van der Waals surface area contributed by atoms with Gasteiger partial charge in [0.2, 0.25) is 5.60 Å². The molecule has 2 aromatic heterocycles. The predicted molar refractivity (Wildman–Crippen MR) is 130 cm³/mol. The van der Waals surface area contributed by atoms with Crippen LogP contribution in [0.2, 0.25) is 0 Å². The van der Waals surface area contributed by atoms with Crippen molar-refractivity contribution in [3.63, 3.8) is 0 Å². The Bertz CT molecular complexity index is 1270. The Kier molecular flexibility index (Phi) is 9.26. The topological polar surface area (TPSA) is 99.4 Å². The number of carbonyl (C=O) groups is 1. The first kappa shape index (κ1) is 30.3. The first-order chi connectivity index (χ1) is 18.2. The molecule has 1 atom stereocenters. The van der Waals surface area contributed by atoms with Crippen LogP contribution in [-0.2, 0) is 21.3 Å².